The van der Waals surface area contributed by atoms with Gasteiger partial charge in [-0.25, -0.2) is 4.98 Å². The summed E-state index contributed by atoms with van der Waals surface area (Å²) >= 11 is 0. The zero-order chi connectivity index (χ0) is 17.3. The third-order valence-electron chi connectivity index (χ3n) is 4.34. The van der Waals surface area contributed by atoms with Crippen LogP contribution in [-0.2, 0) is 4.79 Å². The van der Waals surface area contributed by atoms with Crippen molar-refractivity contribution in [3.8, 4) is 5.75 Å². The highest BCUT2D eigenvalue weighted by Gasteiger charge is 2.41. The zero-order valence-corrected chi connectivity index (χ0v) is 14.7. The van der Waals surface area contributed by atoms with Crippen LogP contribution in [0.3, 0.4) is 0 Å². The summed E-state index contributed by atoms with van der Waals surface area (Å²) in [5, 5.41) is 7.09. The van der Waals surface area contributed by atoms with Crippen LogP contribution in [0.1, 0.15) is 49.9 Å². The van der Waals surface area contributed by atoms with Crippen LogP contribution in [0.25, 0.3) is 0 Å². The first-order chi connectivity index (χ1) is 11.4. The second kappa shape index (κ2) is 6.26. The Morgan fingerprint density at radius 2 is 2.00 bits per heavy atom. The molecule has 1 fully saturated rings. The fourth-order valence-electron chi connectivity index (χ4n) is 3.08. The Bertz CT molecular complexity index is 721. The molecular formula is C18H24N4O2. The highest BCUT2D eigenvalue weighted by molar-refractivity contribution is 5.85. The molecule has 3 rings (SSSR count). The summed E-state index contributed by atoms with van der Waals surface area (Å²) in [6, 6.07) is 7.66. The molecular weight excluding hydrogens is 304 g/mol. The maximum atomic E-state index is 13.1. The number of ether oxygens (including phenoxy) is 1. The van der Waals surface area contributed by atoms with Crippen LogP contribution in [0.5, 0.6) is 5.75 Å². The molecule has 0 spiro atoms. The highest BCUT2D eigenvalue weighted by atomic mass is 16.5. The number of aromatic nitrogens is 3. The van der Waals surface area contributed by atoms with Crippen molar-refractivity contribution in [2.75, 3.05) is 6.54 Å². The molecule has 128 valence electrons. The van der Waals surface area contributed by atoms with E-state index in [1.807, 2.05) is 56.9 Å². The number of hydrogen-bond acceptors (Lipinski definition) is 4. The van der Waals surface area contributed by atoms with Gasteiger partial charge in [-0.3, -0.25) is 9.89 Å². The van der Waals surface area contributed by atoms with E-state index < -0.39 is 5.60 Å². The molecule has 1 amide bonds. The molecule has 6 heteroatoms. The number of amides is 1. The first kappa shape index (κ1) is 16.5. The molecule has 2 aromatic rings. The molecule has 0 bridgehead atoms. The fraction of sp³-hybridized carbons (Fsp3) is 0.500. The summed E-state index contributed by atoms with van der Waals surface area (Å²) in [4.78, 5) is 19.3. The van der Waals surface area contributed by atoms with Gasteiger partial charge in [0.2, 0.25) is 0 Å². The summed E-state index contributed by atoms with van der Waals surface area (Å²) in [5.74, 6) is 2.11. The van der Waals surface area contributed by atoms with E-state index in [0.717, 1.165) is 24.2 Å². The monoisotopic (exact) mass is 328 g/mol. The number of likely N-dealkylation sites (tertiary alicyclic amines) is 1. The molecule has 0 unspecified atom stereocenters. The van der Waals surface area contributed by atoms with Crippen molar-refractivity contribution in [3.63, 3.8) is 0 Å². The van der Waals surface area contributed by atoms with Gasteiger partial charge in [0.25, 0.3) is 5.91 Å². The largest absolute Gasteiger partial charge is 0.478 e. The minimum atomic E-state index is -0.941. The molecule has 6 nitrogen and oxygen atoms in total. The van der Waals surface area contributed by atoms with Gasteiger partial charge in [0, 0.05) is 6.54 Å². The number of nitrogens with one attached hydrogen (secondary N) is 1. The first-order valence-corrected chi connectivity index (χ1v) is 8.32. The lowest BCUT2D eigenvalue weighted by Gasteiger charge is -2.32. The number of H-pyrrole nitrogens is 1. The Hall–Kier alpha value is -2.37. The lowest BCUT2D eigenvalue weighted by atomic mass is 10.1. The lowest BCUT2D eigenvalue weighted by Crippen LogP contribution is -2.48. The Morgan fingerprint density at radius 1 is 1.29 bits per heavy atom. The highest BCUT2D eigenvalue weighted by Crippen LogP contribution is 2.33. The van der Waals surface area contributed by atoms with E-state index in [1.54, 1.807) is 0 Å². The average Bonchev–Trinajstić information content (AvgIpc) is 3.17. The van der Waals surface area contributed by atoms with Gasteiger partial charge in [-0.15, -0.1) is 0 Å². The second-order valence-electron chi connectivity index (χ2n) is 6.86. The van der Waals surface area contributed by atoms with Crippen LogP contribution < -0.4 is 4.74 Å². The van der Waals surface area contributed by atoms with Gasteiger partial charge >= 0.3 is 0 Å². The van der Waals surface area contributed by atoms with Crippen LogP contribution in [0, 0.1) is 13.8 Å². The van der Waals surface area contributed by atoms with E-state index in [9.17, 15) is 4.79 Å². The summed E-state index contributed by atoms with van der Waals surface area (Å²) in [6.45, 7) is 8.22. The second-order valence-corrected chi connectivity index (χ2v) is 6.86. The minimum absolute atomic E-state index is 0.0342. The number of hydrogen-bond donors (Lipinski definition) is 1. The predicted octanol–water partition coefficient (Wildman–Crippen LogP) is 2.94. The average molecular weight is 328 g/mol. The number of carbonyl (C=O) groups excluding carboxylic acids is 1. The Balaban J connectivity index is 1.77. The van der Waals surface area contributed by atoms with Crippen molar-refractivity contribution in [1.29, 1.82) is 0 Å². The van der Waals surface area contributed by atoms with Crippen molar-refractivity contribution in [1.82, 2.24) is 20.1 Å². The molecule has 0 radical (unpaired) electrons. The minimum Gasteiger partial charge on any atom is -0.478 e. The van der Waals surface area contributed by atoms with Crippen LogP contribution >= 0.6 is 0 Å². The van der Waals surface area contributed by atoms with Gasteiger partial charge in [0.15, 0.2) is 11.4 Å². The van der Waals surface area contributed by atoms with Crippen LogP contribution in [-0.4, -0.2) is 38.1 Å². The number of aromatic amines is 1. The van der Waals surface area contributed by atoms with Gasteiger partial charge in [-0.05, 0) is 52.7 Å². The topological polar surface area (TPSA) is 71.1 Å². The number of nitrogens with zero attached hydrogens (tertiary/aromatic N) is 3. The third kappa shape index (κ3) is 3.27. The van der Waals surface area contributed by atoms with E-state index in [2.05, 4.69) is 15.2 Å². The van der Waals surface area contributed by atoms with E-state index >= 15 is 0 Å². The Kier molecular flexibility index (Phi) is 4.30. The fourth-order valence-corrected chi connectivity index (χ4v) is 3.08. The molecule has 1 aliphatic heterocycles. The number of rotatable bonds is 4. The molecule has 1 aliphatic rings. The summed E-state index contributed by atoms with van der Waals surface area (Å²) in [7, 11) is 0. The molecule has 24 heavy (non-hydrogen) atoms. The van der Waals surface area contributed by atoms with Gasteiger partial charge < -0.3 is 9.64 Å². The zero-order valence-electron chi connectivity index (χ0n) is 14.7. The van der Waals surface area contributed by atoms with Crippen LogP contribution in [0.4, 0.5) is 0 Å². The van der Waals surface area contributed by atoms with Crippen molar-refractivity contribution < 1.29 is 9.53 Å². The van der Waals surface area contributed by atoms with Gasteiger partial charge in [0.05, 0.1) is 6.04 Å². The molecule has 0 aliphatic carbocycles. The van der Waals surface area contributed by atoms with Crippen molar-refractivity contribution in [2.45, 2.75) is 52.2 Å². The van der Waals surface area contributed by atoms with Gasteiger partial charge in [0.1, 0.15) is 11.6 Å². The summed E-state index contributed by atoms with van der Waals surface area (Å²) in [6.07, 6.45) is 1.83. The maximum Gasteiger partial charge on any atom is 0.266 e. The maximum absolute atomic E-state index is 13.1. The number of carbonyl (C=O) groups is 1. The van der Waals surface area contributed by atoms with Crippen LogP contribution in [0.15, 0.2) is 24.3 Å². The van der Waals surface area contributed by atoms with Crippen LogP contribution in [0.2, 0.25) is 0 Å². The van der Waals surface area contributed by atoms with Crippen molar-refractivity contribution in [2.24, 2.45) is 0 Å². The first-order valence-electron chi connectivity index (χ1n) is 8.32. The van der Waals surface area contributed by atoms with Crippen molar-refractivity contribution >= 4 is 5.91 Å². The molecule has 2 heterocycles. The number of benzene rings is 1. The quantitative estimate of drug-likeness (QED) is 0.937. The van der Waals surface area contributed by atoms with Crippen molar-refractivity contribution in [3.05, 3.63) is 41.5 Å². The van der Waals surface area contributed by atoms with E-state index in [4.69, 9.17) is 4.74 Å². The number of aryl methyl sites for hydroxylation is 2. The predicted molar refractivity (Wildman–Crippen MR) is 90.7 cm³/mol. The molecule has 1 N–H and O–H groups in total. The third-order valence-corrected chi connectivity index (χ3v) is 4.34. The standard InChI is InChI=1S/C18H24N4O2/c1-12-7-9-14(10-8-12)24-18(3,4)17(23)22-11-5-6-15(22)16-19-13(2)20-21-16/h7-10,15H,5-6,11H2,1-4H3,(H,19,20,21)/t15-/m1/s1. The molecule has 1 atom stereocenters. The van der Waals surface area contributed by atoms with Gasteiger partial charge in [-0.1, -0.05) is 17.7 Å². The summed E-state index contributed by atoms with van der Waals surface area (Å²) < 4.78 is 5.98. The lowest BCUT2D eigenvalue weighted by molar-refractivity contribution is -0.146. The molecule has 0 saturated carbocycles. The Labute approximate surface area is 142 Å². The van der Waals surface area contributed by atoms with E-state index in [0.29, 0.717) is 18.1 Å². The summed E-state index contributed by atoms with van der Waals surface area (Å²) in [5.41, 5.74) is 0.217. The van der Waals surface area contributed by atoms with Gasteiger partial charge in [-0.2, -0.15) is 5.10 Å². The van der Waals surface area contributed by atoms with E-state index in [1.165, 1.54) is 0 Å². The Morgan fingerprint density at radius 3 is 2.62 bits per heavy atom. The smallest absolute Gasteiger partial charge is 0.266 e. The molecule has 1 saturated heterocycles. The molecule has 1 aromatic carbocycles. The molecule has 1 aromatic heterocycles. The SMILES string of the molecule is Cc1ccc(OC(C)(C)C(=O)N2CCC[C@@H]2c2n[nH]c(C)n2)cc1. The van der Waals surface area contributed by atoms with E-state index in [-0.39, 0.29) is 11.9 Å². The normalized spacial score (nSPS) is 18.0.